The molecule has 0 unspecified atom stereocenters. The van der Waals surface area contributed by atoms with Crippen molar-refractivity contribution in [2.75, 3.05) is 0 Å². The maximum atomic E-state index is 12.2. The first-order valence-corrected chi connectivity index (χ1v) is 2.57. The molecule has 1 N–H and O–H groups in total. The number of benzene rings is 1. The van der Waals surface area contributed by atoms with E-state index in [-0.39, 0.29) is 5.75 Å². The average Bonchev–Trinajstić information content (AvgIpc) is 1.80. The van der Waals surface area contributed by atoms with Gasteiger partial charge in [-0.1, -0.05) is 0 Å². The van der Waals surface area contributed by atoms with Gasteiger partial charge in [-0.05, 0) is 24.6 Å². The fraction of sp³-hybridized carbons (Fsp3) is 0.143. The Labute approximate surface area is 52.8 Å². The van der Waals surface area contributed by atoms with Gasteiger partial charge in [-0.15, -0.1) is 0 Å². The largest absolute Gasteiger partial charge is 0.508 e. The monoisotopic (exact) mass is 125 g/mol. The summed E-state index contributed by atoms with van der Waals surface area (Å²) in [6.07, 6.45) is 0. The molecule has 0 spiro atoms. The van der Waals surface area contributed by atoms with E-state index in [2.05, 4.69) is 6.07 Å². The normalized spacial score (nSPS) is 9.56. The van der Waals surface area contributed by atoms with Crippen molar-refractivity contribution in [3.8, 4) is 5.75 Å². The SMILES string of the molecule is Cc1cc(F)[c]cc1O. The van der Waals surface area contributed by atoms with Crippen LogP contribution in [0.1, 0.15) is 5.56 Å². The van der Waals surface area contributed by atoms with Crippen LogP contribution in [0.25, 0.3) is 0 Å². The first-order valence-electron chi connectivity index (χ1n) is 2.57. The number of hydrogen-bond acceptors (Lipinski definition) is 1. The van der Waals surface area contributed by atoms with Crippen molar-refractivity contribution in [2.24, 2.45) is 0 Å². The second-order valence-corrected chi connectivity index (χ2v) is 1.85. The fourth-order valence-electron chi connectivity index (χ4n) is 0.557. The van der Waals surface area contributed by atoms with Gasteiger partial charge in [-0.3, -0.25) is 0 Å². The number of hydrogen-bond donors (Lipinski definition) is 1. The molecule has 1 aromatic carbocycles. The van der Waals surface area contributed by atoms with Gasteiger partial charge in [0.1, 0.15) is 11.6 Å². The molecule has 2 heteroatoms. The molecule has 0 saturated heterocycles. The Hall–Kier alpha value is -1.05. The molecule has 0 heterocycles. The van der Waals surface area contributed by atoms with Crippen LogP contribution in [-0.2, 0) is 0 Å². The summed E-state index contributed by atoms with van der Waals surface area (Å²) in [6.45, 7) is 1.63. The van der Waals surface area contributed by atoms with E-state index in [0.717, 1.165) is 0 Å². The van der Waals surface area contributed by atoms with E-state index >= 15 is 0 Å². The molecule has 1 aromatic rings. The lowest BCUT2D eigenvalue weighted by Gasteiger charge is -1.94. The molecule has 47 valence electrons. The molecular formula is C7H6FO. The predicted octanol–water partition coefficient (Wildman–Crippen LogP) is 1.64. The van der Waals surface area contributed by atoms with Gasteiger partial charge in [0.2, 0.25) is 0 Å². The van der Waals surface area contributed by atoms with E-state index in [1.807, 2.05) is 0 Å². The van der Waals surface area contributed by atoms with Gasteiger partial charge in [-0.25, -0.2) is 4.39 Å². The van der Waals surface area contributed by atoms with E-state index in [1.165, 1.54) is 12.1 Å². The van der Waals surface area contributed by atoms with E-state index in [0.29, 0.717) is 5.56 Å². The zero-order valence-electron chi connectivity index (χ0n) is 4.98. The molecule has 0 bridgehead atoms. The molecule has 0 aromatic heterocycles. The van der Waals surface area contributed by atoms with E-state index in [4.69, 9.17) is 5.11 Å². The Morgan fingerprint density at radius 2 is 2.33 bits per heavy atom. The summed E-state index contributed by atoms with van der Waals surface area (Å²) >= 11 is 0. The number of aromatic hydroxyl groups is 1. The Balaban J connectivity index is 3.17. The highest BCUT2D eigenvalue weighted by atomic mass is 19.1. The first-order chi connectivity index (χ1) is 4.20. The Morgan fingerprint density at radius 1 is 1.67 bits per heavy atom. The van der Waals surface area contributed by atoms with Crippen LogP contribution in [0.4, 0.5) is 4.39 Å². The molecule has 0 atom stereocenters. The van der Waals surface area contributed by atoms with Crippen LogP contribution >= 0.6 is 0 Å². The van der Waals surface area contributed by atoms with E-state index in [1.54, 1.807) is 6.92 Å². The van der Waals surface area contributed by atoms with Crippen LogP contribution in [0.15, 0.2) is 12.1 Å². The van der Waals surface area contributed by atoms with Crippen LogP contribution in [0.5, 0.6) is 5.75 Å². The van der Waals surface area contributed by atoms with Crippen molar-refractivity contribution < 1.29 is 9.50 Å². The van der Waals surface area contributed by atoms with Gasteiger partial charge < -0.3 is 5.11 Å². The van der Waals surface area contributed by atoms with Crippen LogP contribution in [0, 0.1) is 18.8 Å². The third-order valence-corrected chi connectivity index (χ3v) is 1.09. The Bertz CT molecular complexity index is 220. The molecule has 1 radical (unpaired) electrons. The Kier molecular flexibility index (Phi) is 1.39. The highest BCUT2D eigenvalue weighted by Gasteiger charge is 1.95. The molecule has 1 rings (SSSR count). The first kappa shape index (κ1) is 6.08. The summed E-state index contributed by atoms with van der Waals surface area (Å²) in [5, 5.41) is 8.85. The van der Waals surface area contributed by atoms with Crippen molar-refractivity contribution in [2.45, 2.75) is 6.92 Å². The van der Waals surface area contributed by atoms with Gasteiger partial charge in [-0.2, -0.15) is 0 Å². The molecule has 1 nitrogen and oxygen atoms in total. The molecule has 0 amide bonds. The summed E-state index contributed by atoms with van der Waals surface area (Å²) in [4.78, 5) is 0. The molecule has 0 aliphatic rings. The minimum absolute atomic E-state index is 0.0800. The van der Waals surface area contributed by atoms with Gasteiger partial charge >= 0.3 is 0 Å². The number of aryl methyl sites for hydroxylation is 1. The Morgan fingerprint density at radius 3 is 2.78 bits per heavy atom. The van der Waals surface area contributed by atoms with Gasteiger partial charge in [0.05, 0.1) is 0 Å². The summed E-state index contributed by atoms with van der Waals surface area (Å²) in [5.74, 6) is -0.360. The molecular weight excluding hydrogens is 119 g/mol. The maximum Gasteiger partial charge on any atom is 0.131 e. The number of phenolic OH excluding ortho intramolecular Hbond substituents is 1. The second-order valence-electron chi connectivity index (χ2n) is 1.85. The predicted molar refractivity (Wildman–Crippen MR) is 31.6 cm³/mol. The third kappa shape index (κ3) is 1.19. The van der Waals surface area contributed by atoms with E-state index < -0.39 is 5.82 Å². The zero-order valence-corrected chi connectivity index (χ0v) is 4.98. The summed E-state index contributed by atoms with van der Waals surface area (Å²) in [6, 6.07) is 4.67. The standard InChI is InChI=1S/C7H6FO/c1-5-4-6(8)2-3-7(5)9/h3-4,9H,1H3. The van der Waals surface area contributed by atoms with Crippen molar-refractivity contribution in [3.05, 3.63) is 29.6 Å². The highest BCUT2D eigenvalue weighted by molar-refractivity contribution is 5.30. The second kappa shape index (κ2) is 2.05. The van der Waals surface area contributed by atoms with Gasteiger partial charge in [0.25, 0.3) is 0 Å². The minimum atomic E-state index is -0.440. The number of halogens is 1. The summed E-state index contributed by atoms with van der Waals surface area (Å²) in [5.41, 5.74) is 0.534. The molecule has 0 aliphatic heterocycles. The molecule has 9 heavy (non-hydrogen) atoms. The van der Waals surface area contributed by atoms with Crippen LogP contribution in [0.3, 0.4) is 0 Å². The molecule has 0 saturated carbocycles. The van der Waals surface area contributed by atoms with Crippen LogP contribution in [0.2, 0.25) is 0 Å². The van der Waals surface area contributed by atoms with Crippen molar-refractivity contribution in [1.29, 1.82) is 0 Å². The minimum Gasteiger partial charge on any atom is -0.508 e. The zero-order chi connectivity index (χ0) is 6.85. The lowest BCUT2D eigenvalue weighted by molar-refractivity contribution is 0.468. The highest BCUT2D eigenvalue weighted by Crippen LogP contribution is 2.14. The summed E-state index contributed by atoms with van der Waals surface area (Å²) in [7, 11) is 0. The van der Waals surface area contributed by atoms with Crippen molar-refractivity contribution >= 4 is 0 Å². The lowest BCUT2D eigenvalue weighted by Crippen LogP contribution is -1.76. The third-order valence-electron chi connectivity index (χ3n) is 1.09. The average molecular weight is 125 g/mol. The van der Waals surface area contributed by atoms with E-state index in [9.17, 15) is 4.39 Å². The quantitative estimate of drug-likeness (QED) is 0.558. The maximum absolute atomic E-state index is 12.2. The van der Waals surface area contributed by atoms with Gasteiger partial charge in [0, 0.05) is 6.07 Å². The van der Waals surface area contributed by atoms with Crippen LogP contribution in [-0.4, -0.2) is 5.11 Å². The van der Waals surface area contributed by atoms with Gasteiger partial charge in [0.15, 0.2) is 0 Å². The molecule has 0 aliphatic carbocycles. The lowest BCUT2D eigenvalue weighted by atomic mass is 10.2. The van der Waals surface area contributed by atoms with Crippen molar-refractivity contribution in [3.63, 3.8) is 0 Å². The summed E-state index contributed by atoms with van der Waals surface area (Å²) < 4.78 is 12.2. The molecule has 0 fully saturated rings. The fourth-order valence-corrected chi connectivity index (χ4v) is 0.557. The number of rotatable bonds is 0. The topological polar surface area (TPSA) is 20.2 Å². The smallest absolute Gasteiger partial charge is 0.131 e. The van der Waals surface area contributed by atoms with Crippen LogP contribution < -0.4 is 0 Å². The van der Waals surface area contributed by atoms with Crippen molar-refractivity contribution in [1.82, 2.24) is 0 Å². The number of phenols is 1.